The number of hydrogen-bond acceptors (Lipinski definition) is 5. The second-order valence-electron chi connectivity index (χ2n) is 5.57. The first-order chi connectivity index (χ1) is 12.7. The first-order valence-corrected chi connectivity index (χ1v) is 10.0. The van der Waals surface area contributed by atoms with E-state index in [0.717, 1.165) is 34.4 Å². The molecule has 0 fully saturated rings. The lowest BCUT2D eigenvalue weighted by Crippen LogP contribution is -2.28. The maximum Gasteiger partial charge on any atom is 0.573 e. The van der Waals surface area contributed by atoms with Crippen LogP contribution in [0.5, 0.6) is 5.75 Å². The summed E-state index contributed by atoms with van der Waals surface area (Å²) < 4.78 is 68.0. The number of aliphatic hydroxyl groups is 1. The van der Waals surface area contributed by atoms with E-state index >= 15 is 0 Å². The van der Waals surface area contributed by atoms with Gasteiger partial charge in [0.2, 0.25) is 10.0 Å². The monoisotopic (exact) mass is 417 g/mol. The molecule has 144 valence electrons. The van der Waals surface area contributed by atoms with Gasteiger partial charge in [-0.3, -0.25) is 0 Å². The topological polar surface area (TPSA) is 75.6 Å². The molecule has 27 heavy (non-hydrogen) atoms. The van der Waals surface area contributed by atoms with Crippen molar-refractivity contribution in [2.24, 2.45) is 0 Å². The van der Waals surface area contributed by atoms with E-state index in [-0.39, 0.29) is 11.4 Å². The average Bonchev–Trinajstić information content (AvgIpc) is 3.03. The number of halogens is 3. The summed E-state index contributed by atoms with van der Waals surface area (Å²) in [6, 6.07) is 11.2. The fourth-order valence-corrected chi connectivity index (χ4v) is 4.51. The van der Waals surface area contributed by atoms with E-state index in [9.17, 15) is 26.7 Å². The van der Waals surface area contributed by atoms with E-state index in [0.29, 0.717) is 5.56 Å². The number of alkyl halides is 3. The van der Waals surface area contributed by atoms with Gasteiger partial charge in [-0.25, -0.2) is 13.1 Å². The largest absolute Gasteiger partial charge is 0.573 e. The second-order valence-corrected chi connectivity index (χ2v) is 8.25. The molecule has 0 aliphatic rings. The third kappa shape index (κ3) is 4.78. The SMILES string of the molecule is O=S(=O)(NCC(O)c1csc2ccccc12)c1ccc(OC(F)(F)F)cc1. The number of hydrogen-bond donors (Lipinski definition) is 2. The molecule has 0 saturated heterocycles. The van der Waals surface area contributed by atoms with Gasteiger partial charge < -0.3 is 9.84 Å². The number of benzene rings is 2. The highest BCUT2D eigenvalue weighted by Gasteiger charge is 2.31. The van der Waals surface area contributed by atoms with E-state index in [2.05, 4.69) is 9.46 Å². The Morgan fingerprint density at radius 2 is 1.78 bits per heavy atom. The predicted octanol–water partition coefficient (Wildman–Crippen LogP) is 3.81. The van der Waals surface area contributed by atoms with E-state index in [1.54, 1.807) is 5.38 Å². The van der Waals surface area contributed by atoms with Crippen molar-refractivity contribution in [3.63, 3.8) is 0 Å². The Labute approximate surface area is 157 Å². The number of rotatable bonds is 6. The van der Waals surface area contributed by atoms with Gasteiger partial charge in [0.25, 0.3) is 0 Å². The molecule has 1 heterocycles. The molecular formula is C17H14F3NO4S2. The highest BCUT2D eigenvalue weighted by molar-refractivity contribution is 7.89. The van der Waals surface area contributed by atoms with Crippen molar-refractivity contribution in [1.82, 2.24) is 4.72 Å². The van der Waals surface area contributed by atoms with Crippen LogP contribution >= 0.6 is 11.3 Å². The molecule has 0 radical (unpaired) electrons. The summed E-state index contributed by atoms with van der Waals surface area (Å²) in [6.45, 7) is -0.274. The molecule has 3 aromatic rings. The van der Waals surface area contributed by atoms with Crippen molar-refractivity contribution in [1.29, 1.82) is 0 Å². The minimum Gasteiger partial charge on any atom is -0.406 e. The van der Waals surface area contributed by atoms with Gasteiger partial charge in [-0.15, -0.1) is 24.5 Å². The standard InChI is InChI=1S/C17H14F3NO4S2/c18-17(19,20)25-11-5-7-12(8-6-11)27(23,24)21-9-15(22)14-10-26-16-4-2-1-3-13(14)16/h1-8,10,15,21-22H,9H2. The summed E-state index contributed by atoms with van der Waals surface area (Å²) in [4.78, 5) is -0.237. The predicted molar refractivity (Wildman–Crippen MR) is 95.1 cm³/mol. The molecule has 0 amide bonds. The summed E-state index contributed by atoms with van der Waals surface area (Å²) in [7, 11) is -4.00. The van der Waals surface area contributed by atoms with Crippen LogP contribution in [0.2, 0.25) is 0 Å². The molecule has 1 atom stereocenters. The average molecular weight is 417 g/mol. The van der Waals surface area contributed by atoms with E-state index in [4.69, 9.17) is 0 Å². The molecule has 1 aromatic heterocycles. The van der Waals surface area contributed by atoms with Crippen LogP contribution in [0.1, 0.15) is 11.7 Å². The van der Waals surface area contributed by atoms with Crippen molar-refractivity contribution >= 4 is 31.4 Å². The summed E-state index contributed by atoms with van der Waals surface area (Å²) in [5.74, 6) is -0.522. The first-order valence-electron chi connectivity index (χ1n) is 7.65. The minimum atomic E-state index is -4.86. The van der Waals surface area contributed by atoms with Gasteiger partial charge in [0.1, 0.15) is 5.75 Å². The van der Waals surface area contributed by atoms with Crippen LogP contribution in [0.4, 0.5) is 13.2 Å². The van der Waals surface area contributed by atoms with Crippen LogP contribution in [-0.4, -0.2) is 26.4 Å². The molecule has 2 aromatic carbocycles. The van der Waals surface area contributed by atoms with Crippen LogP contribution < -0.4 is 9.46 Å². The van der Waals surface area contributed by atoms with Crippen molar-refractivity contribution in [2.75, 3.05) is 6.54 Å². The van der Waals surface area contributed by atoms with E-state index < -0.39 is 28.2 Å². The molecule has 5 nitrogen and oxygen atoms in total. The maximum absolute atomic E-state index is 12.3. The number of ether oxygens (including phenoxy) is 1. The number of sulfonamides is 1. The molecular weight excluding hydrogens is 403 g/mol. The number of fused-ring (bicyclic) bond motifs is 1. The normalized spacial score (nSPS) is 13.6. The Morgan fingerprint density at radius 1 is 1.11 bits per heavy atom. The smallest absolute Gasteiger partial charge is 0.406 e. The summed E-state index contributed by atoms with van der Waals surface area (Å²) in [5.41, 5.74) is 0.604. The van der Waals surface area contributed by atoms with Crippen LogP contribution in [0.15, 0.2) is 58.8 Å². The highest BCUT2D eigenvalue weighted by Crippen LogP contribution is 2.30. The fourth-order valence-electron chi connectivity index (χ4n) is 2.46. The van der Waals surface area contributed by atoms with Crippen molar-refractivity contribution in [3.8, 4) is 5.75 Å². The van der Waals surface area contributed by atoms with Gasteiger partial charge in [-0.2, -0.15) is 0 Å². The van der Waals surface area contributed by atoms with Gasteiger partial charge >= 0.3 is 6.36 Å². The maximum atomic E-state index is 12.3. The Hall–Kier alpha value is -2.14. The van der Waals surface area contributed by atoms with Crippen molar-refractivity contribution < 1.29 is 31.4 Å². The molecule has 0 aliphatic carbocycles. The first kappa shape index (κ1) is 19.6. The molecule has 0 saturated carbocycles. The Morgan fingerprint density at radius 3 is 2.44 bits per heavy atom. The molecule has 0 aliphatic heterocycles. The second kappa shape index (κ2) is 7.47. The Balaban J connectivity index is 1.69. The zero-order valence-corrected chi connectivity index (χ0v) is 15.2. The number of aliphatic hydroxyl groups excluding tert-OH is 1. The quantitative estimate of drug-likeness (QED) is 0.640. The van der Waals surface area contributed by atoms with Crippen molar-refractivity contribution in [2.45, 2.75) is 17.4 Å². The van der Waals surface area contributed by atoms with E-state index in [1.165, 1.54) is 11.3 Å². The van der Waals surface area contributed by atoms with Gasteiger partial charge in [-0.1, -0.05) is 18.2 Å². The molecule has 0 bridgehead atoms. The molecule has 0 spiro atoms. The van der Waals surface area contributed by atoms with Crippen LogP contribution in [0, 0.1) is 0 Å². The Bertz CT molecular complexity index is 1030. The van der Waals surface area contributed by atoms with Gasteiger partial charge in [0.15, 0.2) is 0 Å². The van der Waals surface area contributed by atoms with Gasteiger partial charge in [0.05, 0.1) is 11.0 Å². The highest BCUT2D eigenvalue weighted by atomic mass is 32.2. The lowest BCUT2D eigenvalue weighted by Gasteiger charge is -2.13. The van der Waals surface area contributed by atoms with Gasteiger partial charge in [-0.05, 0) is 41.1 Å². The van der Waals surface area contributed by atoms with Crippen LogP contribution in [0.25, 0.3) is 10.1 Å². The van der Waals surface area contributed by atoms with Crippen LogP contribution in [0.3, 0.4) is 0 Å². The lowest BCUT2D eigenvalue weighted by atomic mass is 10.1. The fraction of sp³-hybridized carbons (Fsp3) is 0.176. The minimum absolute atomic E-state index is 0.237. The zero-order valence-electron chi connectivity index (χ0n) is 13.6. The van der Waals surface area contributed by atoms with Gasteiger partial charge in [0, 0.05) is 16.8 Å². The summed E-state index contributed by atoms with van der Waals surface area (Å²) in [6.07, 6.45) is -5.92. The zero-order chi connectivity index (χ0) is 19.7. The van der Waals surface area contributed by atoms with E-state index in [1.807, 2.05) is 24.3 Å². The molecule has 1 unspecified atom stereocenters. The molecule has 3 rings (SSSR count). The summed E-state index contributed by atoms with van der Waals surface area (Å²) in [5, 5.41) is 12.9. The number of nitrogens with one attached hydrogen (secondary N) is 1. The Kier molecular flexibility index (Phi) is 5.43. The van der Waals surface area contributed by atoms with Crippen LogP contribution in [-0.2, 0) is 10.0 Å². The number of thiophene rings is 1. The molecule has 10 heteroatoms. The lowest BCUT2D eigenvalue weighted by molar-refractivity contribution is -0.274. The third-order valence-electron chi connectivity index (χ3n) is 3.70. The third-order valence-corrected chi connectivity index (χ3v) is 6.13. The summed E-state index contributed by atoms with van der Waals surface area (Å²) >= 11 is 1.44. The van der Waals surface area contributed by atoms with Crippen molar-refractivity contribution in [3.05, 3.63) is 59.5 Å². The molecule has 2 N–H and O–H groups in total.